The van der Waals surface area contributed by atoms with Crippen LogP contribution in [-0.4, -0.2) is 27.7 Å². The summed E-state index contributed by atoms with van der Waals surface area (Å²) in [4.78, 5) is 18.9. The lowest BCUT2D eigenvalue weighted by Crippen LogP contribution is -2.30. The molecule has 136 valence electrons. The molecule has 0 unspecified atom stereocenters. The summed E-state index contributed by atoms with van der Waals surface area (Å²) in [6.07, 6.45) is 11.7. The maximum atomic E-state index is 10.6. The van der Waals surface area contributed by atoms with Gasteiger partial charge in [0.15, 0.2) is 6.29 Å². The highest BCUT2D eigenvalue weighted by atomic mass is 16.7. The lowest BCUT2D eigenvalue weighted by Gasteiger charge is -2.36. The van der Waals surface area contributed by atoms with Gasteiger partial charge in [-0.05, 0) is 30.5 Å². The first-order valence-electron chi connectivity index (χ1n) is 8.67. The van der Waals surface area contributed by atoms with Crippen molar-refractivity contribution in [3.8, 4) is 0 Å². The van der Waals surface area contributed by atoms with E-state index in [1.807, 2.05) is 42.6 Å². The predicted molar refractivity (Wildman–Crippen MR) is 95.1 cm³/mol. The van der Waals surface area contributed by atoms with Gasteiger partial charge in [-0.25, -0.2) is 0 Å². The molecule has 2 aromatic heterocycles. The molecule has 0 bridgehead atoms. The molecule has 0 amide bonds. The summed E-state index contributed by atoms with van der Waals surface area (Å²) in [5.41, 5.74) is 1.89. The topological polar surface area (TPSA) is 81.5 Å². The molecule has 0 aliphatic carbocycles. The Kier molecular flexibility index (Phi) is 6.46. The van der Waals surface area contributed by atoms with Gasteiger partial charge in [0.1, 0.15) is 0 Å². The van der Waals surface area contributed by atoms with Crippen molar-refractivity contribution in [1.29, 1.82) is 0 Å². The Labute approximate surface area is 152 Å². The van der Waals surface area contributed by atoms with Crippen molar-refractivity contribution in [3.63, 3.8) is 0 Å². The molecule has 0 radical (unpaired) electrons. The lowest BCUT2D eigenvalue weighted by molar-refractivity contribution is -0.244. The minimum absolute atomic E-state index is 0.133. The van der Waals surface area contributed by atoms with E-state index in [9.17, 15) is 4.79 Å². The minimum atomic E-state index is -0.786. The van der Waals surface area contributed by atoms with Crippen molar-refractivity contribution < 1.29 is 19.4 Å². The first kappa shape index (κ1) is 18.2. The molecule has 1 fully saturated rings. The lowest BCUT2D eigenvalue weighted by atomic mass is 9.92. The normalized spacial score (nSPS) is 23.2. The van der Waals surface area contributed by atoms with E-state index in [0.29, 0.717) is 13.0 Å². The number of nitrogens with zero attached hydrogens (tertiary/aromatic N) is 2. The SMILES string of the molecule is O=C(O)CC/C=C\C[C@@H]1CO[C@H](c2cccnc2)O[C@@H]1c1cccnc1. The number of hydrogen-bond acceptors (Lipinski definition) is 5. The van der Waals surface area contributed by atoms with Crippen LogP contribution in [0.25, 0.3) is 0 Å². The minimum Gasteiger partial charge on any atom is -0.481 e. The molecule has 6 heteroatoms. The summed E-state index contributed by atoms with van der Waals surface area (Å²) in [5.74, 6) is -0.653. The average Bonchev–Trinajstić information content (AvgIpc) is 2.69. The summed E-state index contributed by atoms with van der Waals surface area (Å²) in [6.45, 7) is 0.544. The van der Waals surface area contributed by atoms with Crippen LogP contribution in [0.2, 0.25) is 0 Å². The highest BCUT2D eigenvalue weighted by Crippen LogP contribution is 2.39. The van der Waals surface area contributed by atoms with Crippen LogP contribution >= 0.6 is 0 Å². The fourth-order valence-corrected chi connectivity index (χ4v) is 2.95. The smallest absolute Gasteiger partial charge is 0.303 e. The highest BCUT2D eigenvalue weighted by Gasteiger charge is 2.33. The monoisotopic (exact) mass is 354 g/mol. The third kappa shape index (κ3) is 4.97. The Hall–Kier alpha value is -2.57. The second-order valence-electron chi connectivity index (χ2n) is 6.19. The molecule has 2 aromatic rings. The van der Waals surface area contributed by atoms with Crippen LogP contribution in [0.1, 0.15) is 42.8 Å². The first-order valence-corrected chi connectivity index (χ1v) is 8.67. The summed E-state index contributed by atoms with van der Waals surface area (Å²) in [7, 11) is 0. The Morgan fingerprint density at radius 3 is 2.54 bits per heavy atom. The Morgan fingerprint density at radius 1 is 1.15 bits per heavy atom. The van der Waals surface area contributed by atoms with Crippen molar-refractivity contribution in [2.24, 2.45) is 5.92 Å². The first-order chi connectivity index (χ1) is 12.7. The third-order valence-corrected chi connectivity index (χ3v) is 4.26. The molecule has 1 N–H and O–H groups in total. The molecule has 1 saturated heterocycles. The maximum absolute atomic E-state index is 10.6. The number of allylic oxidation sites excluding steroid dienone is 2. The molecule has 6 nitrogen and oxygen atoms in total. The second kappa shape index (κ2) is 9.22. The van der Waals surface area contributed by atoms with E-state index in [2.05, 4.69) is 9.97 Å². The molecule has 0 spiro atoms. The van der Waals surface area contributed by atoms with Crippen molar-refractivity contribution in [2.75, 3.05) is 6.61 Å². The quantitative estimate of drug-likeness (QED) is 0.764. The number of aromatic nitrogens is 2. The van der Waals surface area contributed by atoms with Crippen LogP contribution in [-0.2, 0) is 14.3 Å². The number of ether oxygens (including phenoxy) is 2. The van der Waals surface area contributed by atoms with E-state index in [4.69, 9.17) is 14.6 Å². The Bertz CT molecular complexity index is 721. The molecular weight excluding hydrogens is 332 g/mol. The second-order valence-corrected chi connectivity index (χ2v) is 6.19. The number of aliphatic carboxylic acids is 1. The molecule has 1 aliphatic rings. The van der Waals surface area contributed by atoms with Gasteiger partial charge < -0.3 is 14.6 Å². The van der Waals surface area contributed by atoms with Crippen molar-refractivity contribution >= 4 is 5.97 Å². The van der Waals surface area contributed by atoms with E-state index in [0.717, 1.165) is 17.5 Å². The summed E-state index contributed by atoms with van der Waals surface area (Å²) < 4.78 is 12.1. The zero-order chi connectivity index (χ0) is 18.2. The number of pyridine rings is 2. The number of rotatable bonds is 7. The molecule has 26 heavy (non-hydrogen) atoms. The van der Waals surface area contributed by atoms with Gasteiger partial charge in [-0.15, -0.1) is 0 Å². The van der Waals surface area contributed by atoms with Crippen LogP contribution in [0, 0.1) is 5.92 Å². The molecule has 0 saturated carbocycles. The highest BCUT2D eigenvalue weighted by molar-refractivity contribution is 5.66. The zero-order valence-corrected chi connectivity index (χ0v) is 14.4. The van der Waals surface area contributed by atoms with Crippen molar-refractivity contribution in [2.45, 2.75) is 31.7 Å². The fraction of sp³-hybridized carbons (Fsp3) is 0.350. The summed E-state index contributed by atoms with van der Waals surface area (Å²) in [6, 6.07) is 7.69. The Balaban J connectivity index is 1.69. The van der Waals surface area contributed by atoms with E-state index in [1.165, 1.54) is 0 Å². The summed E-state index contributed by atoms with van der Waals surface area (Å²) in [5, 5.41) is 8.70. The van der Waals surface area contributed by atoms with E-state index in [-0.39, 0.29) is 18.4 Å². The van der Waals surface area contributed by atoms with Crippen LogP contribution < -0.4 is 0 Å². The van der Waals surface area contributed by atoms with Gasteiger partial charge in [-0.2, -0.15) is 0 Å². The fourth-order valence-electron chi connectivity index (χ4n) is 2.95. The van der Waals surface area contributed by atoms with Gasteiger partial charge in [0.2, 0.25) is 0 Å². The number of hydrogen-bond donors (Lipinski definition) is 1. The van der Waals surface area contributed by atoms with Gasteiger partial charge in [0.25, 0.3) is 0 Å². The van der Waals surface area contributed by atoms with Crippen LogP contribution in [0.5, 0.6) is 0 Å². The molecule has 3 rings (SSSR count). The average molecular weight is 354 g/mol. The van der Waals surface area contributed by atoms with Crippen LogP contribution in [0.15, 0.2) is 61.2 Å². The zero-order valence-electron chi connectivity index (χ0n) is 14.4. The standard InChI is InChI=1S/C20H22N2O4/c23-18(24)9-3-1-2-6-17-14-25-20(16-8-5-11-22-13-16)26-19(17)15-7-4-10-21-12-15/h1-2,4-5,7-8,10-13,17,19-20H,3,6,9,14H2,(H,23,24)/b2-1-/t17-,19-,20+/m1/s1. The van der Waals surface area contributed by atoms with Gasteiger partial charge in [0, 0.05) is 42.7 Å². The van der Waals surface area contributed by atoms with Crippen LogP contribution in [0.4, 0.5) is 0 Å². The van der Waals surface area contributed by atoms with Crippen molar-refractivity contribution in [1.82, 2.24) is 9.97 Å². The molecule has 0 aromatic carbocycles. The predicted octanol–water partition coefficient (Wildman–Crippen LogP) is 3.69. The van der Waals surface area contributed by atoms with Gasteiger partial charge in [-0.1, -0.05) is 24.3 Å². The van der Waals surface area contributed by atoms with Crippen LogP contribution in [0.3, 0.4) is 0 Å². The number of carbonyl (C=O) groups is 1. The molecule has 1 aliphatic heterocycles. The number of carboxylic acids is 1. The van der Waals surface area contributed by atoms with Gasteiger partial charge >= 0.3 is 5.97 Å². The largest absolute Gasteiger partial charge is 0.481 e. The molecule has 3 heterocycles. The third-order valence-electron chi connectivity index (χ3n) is 4.26. The molecule has 3 atom stereocenters. The maximum Gasteiger partial charge on any atom is 0.303 e. The van der Waals surface area contributed by atoms with E-state index < -0.39 is 12.3 Å². The van der Waals surface area contributed by atoms with Gasteiger partial charge in [0.05, 0.1) is 12.7 Å². The van der Waals surface area contributed by atoms with Gasteiger partial charge in [-0.3, -0.25) is 14.8 Å². The van der Waals surface area contributed by atoms with E-state index in [1.54, 1.807) is 18.6 Å². The van der Waals surface area contributed by atoms with Crippen molar-refractivity contribution in [3.05, 3.63) is 72.3 Å². The summed E-state index contributed by atoms with van der Waals surface area (Å²) >= 11 is 0. The molecular formula is C20H22N2O4. The van der Waals surface area contributed by atoms with E-state index >= 15 is 0 Å². The Morgan fingerprint density at radius 2 is 1.88 bits per heavy atom. The number of carboxylic acid groups (broad SMARTS) is 1.